The first-order valence-electron chi connectivity index (χ1n) is 9.46. The van der Waals surface area contributed by atoms with Gasteiger partial charge in [-0.1, -0.05) is 32.0 Å². The van der Waals surface area contributed by atoms with Gasteiger partial charge in [0.1, 0.15) is 5.82 Å². The molecule has 1 amide bonds. The number of fused-ring (bicyclic) bond motifs is 1. The predicted octanol–water partition coefficient (Wildman–Crippen LogP) is 4.19. The number of carbonyl (C=O) groups excluding carboxylic acids is 1. The van der Waals surface area contributed by atoms with E-state index in [0.717, 1.165) is 22.7 Å². The Morgan fingerprint density at radius 3 is 2.52 bits per heavy atom. The van der Waals surface area contributed by atoms with Gasteiger partial charge in [-0.15, -0.1) is 10.2 Å². The molecule has 0 fully saturated rings. The second-order valence-electron chi connectivity index (χ2n) is 7.08. The van der Waals surface area contributed by atoms with Crippen molar-refractivity contribution in [2.24, 2.45) is 0 Å². The standard InChI is InChI=1S/C22H22N4O3/c1-14(2)16-4-6-17(7-5-16)24-22(27)18-8-10-21(26-25-18)23-12-15-3-9-19-20(11-15)29-13-28-19/h3-11,14H,12-13H2,1-2H3,(H,23,26)(H,24,27). The zero-order valence-corrected chi connectivity index (χ0v) is 16.3. The Morgan fingerprint density at radius 2 is 1.79 bits per heavy atom. The van der Waals surface area contributed by atoms with Crippen LogP contribution in [-0.4, -0.2) is 22.9 Å². The van der Waals surface area contributed by atoms with Crippen LogP contribution in [0.25, 0.3) is 0 Å². The Morgan fingerprint density at radius 1 is 1.00 bits per heavy atom. The van der Waals surface area contributed by atoms with Gasteiger partial charge in [-0.2, -0.15) is 0 Å². The number of amides is 1. The average Bonchev–Trinajstić information content (AvgIpc) is 3.21. The van der Waals surface area contributed by atoms with Crippen molar-refractivity contribution in [1.29, 1.82) is 0 Å². The fraction of sp³-hybridized carbons (Fsp3) is 0.227. The molecule has 1 aromatic heterocycles. The van der Waals surface area contributed by atoms with E-state index in [1.165, 1.54) is 5.56 Å². The van der Waals surface area contributed by atoms with Gasteiger partial charge in [0.25, 0.3) is 5.91 Å². The van der Waals surface area contributed by atoms with Crippen LogP contribution in [0.15, 0.2) is 54.6 Å². The minimum atomic E-state index is -0.294. The lowest BCUT2D eigenvalue weighted by Gasteiger charge is -2.09. The molecular formula is C22H22N4O3. The molecule has 0 saturated heterocycles. The van der Waals surface area contributed by atoms with Crippen LogP contribution in [0, 0.1) is 0 Å². The summed E-state index contributed by atoms with van der Waals surface area (Å²) >= 11 is 0. The van der Waals surface area contributed by atoms with Gasteiger partial charge in [0, 0.05) is 12.2 Å². The van der Waals surface area contributed by atoms with E-state index < -0.39 is 0 Å². The maximum absolute atomic E-state index is 12.4. The number of rotatable bonds is 6. The molecule has 2 aromatic carbocycles. The fourth-order valence-electron chi connectivity index (χ4n) is 2.94. The summed E-state index contributed by atoms with van der Waals surface area (Å²) in [5.41, 5.74) is 3.24. The summed E-state index contributed by atoms with van der Waals surface area (Å²) in [6.45, 7) is 5.07. The highest BCUT2D eigenvalue weighted by atomic mass is 16.7. The number of hydrogen-bond acceptors (Lipinski definition) is 6. The third-order valence-electron chi connectivity index (χ3n) is 4.64. The smallest absolute Gasteiger partial charge is 0.276 e. The number of hydrogen-bond donors (Lipinski definition) is 2. The minimum absolute atomic E-state index is 0.253. The first kappa shape index (κ1) is 18.7. The number of anilines is 2. The van der Waals surface area contributed by atoms with E-state index in [1.807, 2.05) is 42.5 Å². The lowest BCUT2D eigenvalue weighted by atomic mass is 10.0. The number of carbonyl (C=O) groups is 1. The summed E-state index contributed by atoms with van der Waals surface area (Å²) in [7, 11) is 0. The summed E-state index contributed by atoms with van der Waals surface area (Å²) < 4.78 is 10.7. The van der Waals surface area contributed by atoms with Crippen LogP contribution in [-0.2, 0) is 6.54 Å². The van der Waals surface area contributed by atoms with E-state index in [-0.39, 0.29) is 18.4 Å². The number of benzene rings is 2. The van der Waals surface area contributed by atoms with E-state index in [2.05, 4.69) is 34.7 Å². The van der Waals surface area contributed by atoms with Crippen molar-refractivity contribution in [3.8, 4) is 11.5 Å². The van der Waals surface area contributed by atoms with Crippen molar-refractivity contribution >= 4 is 17.4 Å². The lowest BCUT2D eigenvalue weighted by molar-refractivity contribution is 0.102. The largest absolute Gasteiger partial charge is 0.454 e. The second-order valence-corrected chi connectivity index (χ2v) is 7.08. The Kier molecular flexibility index (Phi) is 5.29. The Labute approximate surface area is 169 Å². The Hall–Kier alpha value is -3.61. The molecule has 3 aromatic rings. The molecule has 0 saturated carbocycles. The number of ether oxygens (including phenoxy) is 2. The molecule has 1 aliphatic rings. The summed E-state index contributed by atoms with van der Waals surface area (Å²) in [5.74, 6) is 2.23. The van der Waals surface area contributed by atoms with Gasteiger partial charge in [0.2, 0.25) is 6.79 Å². The lowest BCUT2D eigenvalue weighted by Crippen LogP contribution is -2.15. The third kappa shape index (κ3) is 4.45. The second kappa shape index (κ2) is 8.18. The highest BCUT2D eigenvalue weighted by molar-refractivity contribution is 6.02. The molecule has 0 atom stereocenters. The summed E-state index contributed by atoms with van der Waals surface area (Å²) in [4.78, 5) is 12.4. The van der Waals surface area contributed by atoms with Crippen LogP contribution in [0.4, 0.5) is 11.5 Å². The van der Waals surface area contributed by atoms with Crippen molar-refractivity contribution in [1.82, 2.24) is 10.2 Å². The molecule has 7 nitrogen and oxygen atoms in total. The fourth-order valence-corrected chi connectivity index (χ4v) is 2.94. The summed E-state index contributed by atoms with van der Waals surface area (Å²) in [6, 6.07) is 16.9. The SMILES string of the molecule is CC(C)c1ccc(NC(=O)c2ccc(NCc3ccc4c(c3)OCO4)nn2)cc1. The topological polar surface area (TPSA) is 85.4 Å². The molecule has 0 unspecified atom stereocenters. The van der Waals surface area contributed by atoms with Gasteiger partial charge in [-0.05, 0) is 53.4 Å². The van der Waals surface area contributed by atoms with Crippen molar-refractivity contribution in [2.45, 2.75) is 26.3 Å². The van der Waals surface area contributed by atoms with E-state index in [0.29, 0.717) is 18.3 Å². The Balaban J connectivity index is 1.34. The molecule has 7 heteroatoms. The quantitative estimate of drug-likeness (QED) is 0.656. The molecule has 2 heterocycles. The first-order chi connectivity index (χ1) is 14.1. The highest BCUT2D eigenvalue weighted by Crippen LogP contribution is 2.32. The molecule has 29 heavy (non-hydrogen) atoms. The first-order valence-corrected chi connectivity index (χ1v) is 9.46. The van der Waals surface area contributed by atoms with Gasteiger partial charge in [0.05, 0.1) is 0 Å². The van der Waals surface area contributed by atoms with Gasteiger partial charge in [-0.3, -0.25) is 4.79 Å². The number of aromatic nitrogens is 2. The highest BCUT2D eigenvalue weighted by Gasteiger charge is 2.13. The van der Waals surface area contributed by atoms with Crippen molar-refractivity contribution in [3.05, 3.63) is 71.4 Å². The maximum Gasteiger partial charge on any atom is 0.276 e. The van der Waals surface area contributed by atoms with Crippen molar-refractivity contribution in [3.63, 3.8) is 0 Å². The van der Waals surface area contributed by atoms with E-state index in [9.17, 15) is 4.79 Å². The zero-order chi connectivity index (χ0) is 20.2. The van der Waals surface area contributed by atoms with Crippen molar-refractivity contribution < 1.29 is 14.3 Å². The molecule has 2 N–H and O–H groups in total. The molecule has 0 spiro atoms. The average molecular weight is 390 g/mol. The van der Waals surface area contributed by atoms with Crippen LogP contribution < -0.4 is 20.1 Å². The van der Waals surface area contributed by atoms with Crippen LogP contribution in [0.5, 0.6) is 11.5 Å². The van der Waals surface area contributed by atoms with Crippen LogP contribution in [0.2, 0.25) is 0 Å². The Bertz CT molecular complexity index is 1000. The summed E-state index contributed by atoms with van der Waals surface area (Å²) in [6.07, 6.45) is 0. The molecule has 0 bridgehead atoms. The van der Waals surface area contributed by atoms with Gasteiger partial charge in [0.15, 0.2) is 17.2 Å². The third-order valence-corrected chi connectivity index (χ3v) is 4.64. The van der Waals surface area contributed by atoms with Gasteiger partial charge >= 0.3 is 0 Å². The molecule has 4 rings (SSSR count). The number of nitrogens with zero attached hydrogens (tertiary/aromatic N) is 2. The normalized spacial score (nSPS) is 12.1. The van der Waals surface area contributed by atoms with Gasteiger partial charge in [-0.25, -0.2) is 0 Å². The van der Waals surface area contributed by atoms with E-state index in [1.54, 1.807) is 12.1 Å². The zero-order valence-electron chi connectivity index (χ0n) is 16.3. The molecule has 1 aliphatic heterocycles. The molecule has 148 valence electrons. The minimum Gasteiger partial charge on any atom is -0.454 e. The van der Waals surface area contributed by atoms with Gasteiger partial charge < -0.3 is 20.1 Å². The maximum atomic E-state index is 12.4. The van der Waals surface area contributed by atoms with Crippen LogP contribution in [0.1, 0.15) is 41.4 Å². The predicted molar refractivity (Wildman–Crippen MR) is 110 cm³/mol. The van der Waals surface area contributed by atoms with Crippen molar-refractivity contribution in [2.75, 3.05) is 17.4 Å². The van der Waals surface area contributed by atoms with E-state index >= 15 is 0 Å². The van der Waals surface area contributed by atoms with E-state index in [4.69, 9.17) is 9.47 Å². The monoisotopic (exact) mass is 390 g/mol. The molecule has 0 aliphatic carbocycles. The molecule has 0 radical (unpaired) electrons. The summed E-state index contributed by atoms with van der Waals surface area (Å²) in [5, 5.41) is 14.1. The number of nitrogens with one attached hydrogen (secondary N) is 2. The molecular weight excluding hydrogens is 368 g/mol. The van der Waals surface area contributed by atoms with Crippen LogP contribution in [0.3, 0.4) is 0 Å². The van der Waals surface area contributed by atoms with Crippen LogP contribution >= 0.6 is 0 Å².